The Labute approximate surface area is 168 Å². The number of phenols is 1. The molecule has 0 unspecified atom stereocenters. The Morgan fingerprint density at radius 3 is 2.72 bits per heavy atom. The number of hydrogen-bond donors (Lipinski definition) is 1. The highest BCUT2D eigenvalue weighted by Gasteiger charge is 2.21. The van der Waals surface area contributed by atoms with Crippen LogP contribution in [0.25, 0.3) is 11.0 Å². The minimum atomic E-state index is -0.425. The number of pyridine rings is 1. The van der Waals surface area contributed by atoms with Gasteiger partial charge >= 0.3 is 5.63 Å². The maximum absolute atomic E-state index is 12.7. The summed E-state index contributed by atoms with van der Waals surface area (Å²) in [4.78, 5) is 32.8. The first-order chi connectivity index (χ1) is 14.0. The fraction of sp³-hybridized carbons (Fsp3) is 0.318. The minimum Gasteiger partial charge on any atom is -0.508 e. The monoisotopic (exact) mass is 393 g/mol. The second-order valence-corrected chi connectivity index (χ2v) is 7.33. The third kappa shape index (κ3) is 4.00. The molecule has 29 heavy (non-hydrogen) atoms. The van der Waals surface area contributed by atoms with Gasteiger partial charge < -0.3 is 14.4 Å². The van der Waals surface area contributed by atoms with Crippen LogP contribution < -0.4 is 5.63 Å². The van der Waals surface area contributed by atoms with Crippen LogP contribution >= 0.6 is 0 Å². The van der Waals surface area contributed by atoms with E-state index >= 15 is 0 Å². The molecule has 0 aliphatic carbocycles. The van der Waals surface area contributed by atoms with Crippen LogP contribution in [0.3, 0.4) is 0 Å². The number of nitrogens with zero attached hydrogens (tertiary/aromatic N) is 3. The Morgan fingerprint density at radius 2 is 1.93 bits per heavy atom. The molecule has 7 nitrogen and oxygen atoms in total. The predicted octanol–water partition coefficient (Wildman–Crippen LogP) is 2.55. The Balaban J connectivity index is 1.52. The average Bonchev–Trinajstić information content (AvgIpc) is 2.97. The Morgan fingerprint density at radius 1 is 1.14 bits per heavy atom. The van der Waals surface area contributed by atoms with Gasteiger partial charge in [-0.2, -0.15) is 0 Å². The van der Waals surface area contributed by atoms with E-state index in [0.717, 1.165) is 30.5 Å². The van der Waals surface area contributed by atoms with Gasteiger partial charge in [0.05, 0.1) is 0 Å². The lowest BCUT2D eigenvalue weighted by atomic mass is 10.1. The van der Waals surface area contributed by atoms with E-state index in [1.54, 1.807) is 43.6 Å². The van der Waals surface area contributed by atoms with Crippen molar-refractivity contribution in [2.24, 2.45) is 0 Å². The highest BCUT2D eigenvalue weighted by Crippen LogP contribution is 2.28. The van der Waals surface area contributed by atoms with E-state index in [9.17, 15) is 14.7 Å². The van der Waals surface area contributed by atoms with Gasteiger partial charge in [-0.25, -0.2) is 4.79 Å². The van der Waals surface area contributed by atoms with E-state index in [1.807, 2.05) is 4.90 Å². The summed E-state index contributed by atoms with van der Waals surface area (Å²) in [6.45, 7) is 5.19. The van der Waals surface area contributed by atoms with Crippen LogP contribution in [-0.4, -0.2) is 52.0 Å². The largest absolute Gasteiger partial charge is 0.508 e. The molecular formula is C22H23N3O4. The molecule has 2 aromatic heterocycles. The number of aryl methyl sites for hydroxylation is 1. The minimum absolute atomic E-state index is 0.0196. The molecule has 1 saturated heterocycles. The van der Waals surface area contributed by atoms with Gasteiger partial charge in [0.15, 0.2) is 0 Å². The molecule has 1 aliphatic rings. The molecule has 1 aromatic carbocycles. The van der Waals surface area contributed by atoms with Gasteiger partial charge in [-0.3, -0.25) is 14.7 Å². The van der Waals surface area contributed by atoms with Crippen LogP contribution in [0.2, 0.25) is 0 Å². The van der Waals surface area contributed by atoms with Crippen molar-refractivity contribution in [2.75, 3.05) is 26.2 Å². The first-order valence-electron chi connectivity index (χ1n) is 9.70. The van der Waals surface area contributed by atoms with Gasteiger partial charge in [0.2, 0.25) is 0 Å². The zero-order chi connectivity index (χ0) is 20.4. The number of amides is 1. The van der Waals surface area contributed by atoms with Crippen molar-refractivity contribution in [2.45, 2.75) is 19.9 Å². The lowest BCUT2D eigenvalue weighted by Crippen LogP contribution is -2.35. The van der Waals surface area contributed by atoms with Gasteiger partial charge in [0.25, 0.3) is 5.91 Å². The number of phenolic OH excluding ortho intramolecular Hbond substituents is 1. The molecule has 1 aliphatic heterocycles. The molecule has 0 saturated carbocycles. The zero-order valence-corrected chi connectivity index (χ0v) is 16.3. The molecule has 1 fully saturated rings. The maximum atomic E-state index is 12.7. The van der Waals surface area contributed by atoms with Crippen molar-refractivity contribution >= 4 is 16.9 Å². The normalized spacial score (nSPS) is 15.4. The molecule has 3 aromatic rings. The fourth-order valence-electron chi connectivity index (χ4n) is 3.80. The number of aromatic hydroxyl groups is 1. The average molecular weight is 393 g/mol. The SMILES string of the molecule is Cc1c(O)ccc2c(CN3CCCN(C(=O)c4ccncc4)CC3)cc(=O)oc12. The second-order valence-electron chi connectivity index (χ2n) is 7.33. The number of aromatic nitrogens is 1. The molecule has 7 heteroatoms. The first kappa shape index (κ1) is 19.1. The molecule has 0 bridgehead atoms. The number of rotatable bonds is 3. The van der Waals surface area contributed by atoms with E-state index in [-0.39, 0.29) is 11.7 Å². The Bertz CT molecular complexity index is 1090. The number of fused-ring (bicyclic) bond motifs is 1. The summed E-state index contributed by atoms with van der Waals surface area (Å²) in [6, 6.07) is 8.39. The van der Waals surface area contributed by atoms with Gasteiger partial charge in [-0.1, -0.05) is 0 Å². The highest BCUT2D eigenvalue weighted by molar-refractivity contribution is 5.94. The van der Waals surface area contributed by atoms with Crippen molar-refractivity contribution < 1.29 is 14.3 Å². The maximum Gasteiger partial charge on any atom is 0.336 e. The van der Waals surface area contributed by atoms with E-state index in [0.29, 0.717) is 36.3 Å². The third-order valence-corrected chi connectivity index (χ3v) is 5.41. The van der Waals surface area contributed by atoms with Crippen LogP contribution in [0.1, 0.15) is 27.9 Å². The topological polar surface area (TPSA) is 86.9 Å². The van der Waals surface area contributed by atoms with Crippen LogP contribution in [0.15, 0.2) is 51.9 Å². The predicted molar refractivity (Wildman–Crippen MR) is 109 cm³/mol. The summed E-state index contributed by atoms with van der Waals surface area (Å²) in [7, 11) is 0. The molecule has 0 radical (unpaired) electrons. The fourth-order valence-corrected chi connectivity index (χ4v) is 3.80. The summed E-state index contributed by atoms with van der Waals surface area (Å²) in [5, 5.41) is 10.7. The van der Waals surface area contributed by atoms with Gasteiger partial charge in [0.1, 0.15) is 11.3 Å². The van der Waals surface area contributed by atoms with E-state index in [4.69, 9.17) is 4.42 Å². The standard InChI is InChI=1S/C22H23N3O4/c1-15-19(26)4-3-18-17(13-20(27)29-21(15)18)14-24-9-2-10-25(12-11-24)22(28)16-5-7-23-8-6-16/h3-8,13,26H,2,9-12,14H2,1H3. The molecule has 0 spiro atoms. The van der Waals surface area contributed by atoms with Crippen LogP contribution in [-0.2, 0) is 6.54 Å². The Hall–Kier alpha value is -3.19. The van der Waals surface area contributed by atoms with Crippen molar-refractivity contribution in [3.63, 3.8) is 0 Å². The van der Waals surface area contributed by atoms with Crippen molar-refractivity contribution in [1.29, 1.82) is 0 Å². The quantitative estimate of drug-likeness (QED) is 0.688. The van der Waals surface area contributed by atoms with E-state index in [2.05, 4.69) is 9.88 Å². The molecule has 1 amide bonds. The summed E-state index contributed by atoms with van der Waals surface area (Å²) in [5.41, 5.74) is 2.08. The van der Waals surface area contributed by atoms with Crippen LogP contribution in [0.4, 0.5) is 0 Å². The molecule has 150 valence electrons. The molecule has 4 rings (SSSR count). The van der Waals surface area contributed by atoms with Gasteiger partial charge in [0, 0.05) is 67.7 Å². The molecule has 3 heterocycles. The summed E-state index contributed by atoms with van der Waals surface area (Å²) >= 11 is 0. The lowest BCUT2D eigenvalue weighted by molar-refractivity contribution is 0.0761. The summed E-state index contributed by atoms with van der Waals surface area (Å²) in [5.74, 6) is 0.129. The number of carbonyl (C=O) groups excluding carboxylic acids is 1. The van der Waals surface area contributed by atoms with Gasteiger partial charge in [-0.05, 0) is 43.2 Å². The smallest absolute Gasteiger partial charge is 0.336 e. The zero-order valence-electron chi connectivity index (χ0n) is 16.3. The molecule has 1 N–H and O–H groups in total. The van der Waals surface area contributed by atoms with Crippen LogP contribution in [0, 0.1) is 6.92 Å². The number of benzene rings is 1. The summed E-state index contributed by atoms with van der Waals surface area (Å²) < 4.78 is 5.33. The van der Waals surface area contributed by atoms with Crippen molar-refractivity contribution in [1.82, 2.24) is 14.8 Å². The van der Waals surface area contributed by atoms with E-state index < -0.39 is 5.63 Å². The second kappa shape index (κ2) is 8.05. The lowest BCUT2D eigenvalue weighted by Gasteiger charge is -2.22. The number of hydrogen-bond acceptors (Lipinski definition) is 6. The molecule has 0 atom stereocenters. The van der Waals surface area contributed by atoms with E-state index in [1.165, 1.54) is 6.07 Å². The Kier molecular flexibility index (Phi) is 5.31. The third-order valence-electron chi connectivity index (χ3n) is 5.41. The van der Waals surface area contributed by atoms with Crippen molar-refractivity contribution in [3.8, 4) is 5.75 Å². The first-order valence-corrected chi connectivity index (χ1v) is 9.70. The van der Waals surface area contributed by atoms with Crippen LogP contribution in [0.5, 0.6) is 5.75 Å². The summed E-state index contributed by atoms with van der Waals surface area (Å²) in [6.07, 6.45) is 4.11. The van der Waals surface area contributed by atoms with Gasteiger partial charge in [-0.15, -0.1) is 0 Å². The highest BCUT2D eigenvalue weighted by atomic mass is 16.4. The molecular weight excluding hydrogens is 370 g/mol. The number of carbonyl (C=O) groups is 1. The van der Waals surface area contributed by atoms with Crippen molar-refractivity contribution in [3.05, 3.63) is 69.8 Å².